The number of hydrogen-bond acceptors (Lipinski definition) is 5. The molecule has 1 heterocycles. The molecule has 27 heavy (non-hydrogen) atoms. The van der Waals surface area contributed by atoms with Gasteiger partial charge in [-0.25, -0.2) is 9.97 Å². The molecule has 138 valence electrons. The number of alkyl halides is 3. The molecule has 2 aromatic carbocycles. The molecule has 6 nitrogen and oxygen atoms in total. The van der Waals surface area contributed by atoms with E-state index in [-0.39, 0.29) is 17.2 Å². The van der Waals surface area contributed by atoms with Crippen molar-refractivity contribution in [3.8, 4) is 0 Å². The first kappa shape index (κ1) is 18.3. The number of nitrogens with one attached hydrogen (secondary N) is 2. The first-order valence-electron chi connectivity index (χ1n) is 7.83. The number of fused-ring (bicyclic) bond motifs is 1. The third-order valence-corrected chi connectivity index (χ3v) is 3.47. The molecule has 0 bridgehead atoms. The minimum Gasteiger partial charge on any atom is -0.326 e. The lowest BCUT2D eigenvalue weighted by atomic mass is 10.2. The van der Waals surface area contributed by atoms with E-state index in [1.54, 1.807) is 42.5 Å². The smallest absolute Gasteiger partial charge is 0.326 e. The van der Waals surface area contributed by atoms with Gasteiger partial charge in [-0.1, -0.05) is 24.3 Å². The Balaban J connectivity index is 1.83. The van der Waals surface area contributed by atoms with Crippen LogP contribution in [0.3, 0.4) is 0 Å². The number of carbonyl (C=O) groups is 1. The average molecular weight is 373 g/mol. The van der Waals surface area contributed by atoms with Crippen LogP contribution in [0.1, 0.15) is 18.3 Å². The minimum absolute atomic E-state index is 0.0426. The molecule has 0 saturated carbocycles. The standard InChI is InChI=1S/C18H14F3N5O/c1-11(27)23-13-8-6-12(7-9-13)10-22-26-16-14-4-2-3-5-15(14)24-17(25-16)18(19,20)21/h2-10H,1H3,(H,23,27)(H,24,25,26)/b22-10-. The lowest BCUT2D eigenvalue weighted by molar-refractivity contribution is -0.144. The van der Waals surface area contributed by atoms with Gasteiger partial charge in [-0.05, 0) is 29.8 Å². The molecule has 0 unspecified atom stereocenters. The second-order valence-electron chi connectivity index (χ2n) is 5.58. The van der Waals surface area contributed by atoms with Gasteiger partial charge in [-0.15, -0.1) is 0 Å². The molecule has 0 radical (unpaired) electrons. The first-order chi connectivity index (χ1) is 12.8. The molecule has 0 aliphatic rings. The molecule has 0 atom stereocenters. The topological polar surface area (TPSA) is 79.3 Å². The number of halogens is 3. The summed E-state index contributed by atoms with van der Waals surface area (Å²) < 4.78 is 39.0. The molecular formula is C18H14F3N5O. The van der Waals surface area contributed by atoms with E-state index in [1.165, 1.54) is 19.2 Å². The van der Waals surface area contributed by atoms with Crippen molar-refractivity contribution in [2.24, 2.45) is 5.10 Å². The van der Waals surface area contributed by atoms with Gasteiger partial charge in [0.15, 0.2) is 5.82 Å². The largest absolute Gasteiger partial charge is 0.451 e. The summed E-state index contributed by atoms with van der Waals surface area (Å²) in [7, 11) is 0. The van der Waals surface area contributed by atoms with E-state index >= 15 is 0 Å². The van der Waals surface area contributed by atoms with Crippen LogP contribution in [-0.4, -0.2) is 22.1 Å². The third kappa shape index (κ3) is 4.57. The highest BCUT2D eigenvalue weighted by Gasteiger charge is 2.35. The summed E-state index contributed by atoms with van der Waals surface area (Å²) >= 11 is 0. The Hall–Kier alpha value is -3.49. The van der Waals surface area contributed by atoms with Crippen molar-refractivity contribution in [1.82, 2.24) is 9.97 Å². The summed E-state index contributed by atoms with van der Waals surface area (Å²) in [6, 6.07) is 13.1. The van der Waals surface area contributed by atoms with Crippen LogP contribution in [0.15, 0.2) is 53.6 Å². The number of para-hydroxylation sites is 1. The highest BCUT2D eigenvalue weighted by atomic mass is 19.4. The summed E-state index contributed by atoms with van der Waals surface area (Å²) in [5.41, 5.74) is 4.02. The Bertz CT molecular complexity index is 1000. The molecule has 3 rings (SSSR count). The highest BCUT2D eigenvalue weighted by molar-refractivity contribution is 5.91. The molecule has 0 spiro atoms. The maximum absolute atomic E-state index is 13.0. The Morgan fingerprint density at radius 2 is 1.78 bits per heavy atom. The molecule has 0 fully saturated rings. The molecule has 0 saturated heterocycles. The zero-order chi connectivity index (χ0) is 19.4. The lowest BCUT2D eigenvalue weighted by Gasteiger charge is -2.09. The van der Waals surface area contributed by atoms with Crippen molar-refractivity contribution in [3.05, 3.63) is 59.9 Å². The zero-order valence-corrected chi connectivity index (χ0v) is 14.1. The van der Waals surface area contributed by atoms with E-state index in [0.717, 1.165) is 0 Å². The van der Waals surface area contributed by atoms with Gasteiger partial charge in [0.1, 0.15) is 0 Å². The summed E-state index contributed by atoms with van der Waals surface area (Å²) in [4.78, 5) is 18.1. The van der Waals surface area contributed by atoms with Gasteiger partial charge in [-0.3, -0.25) is 10.2 Å². The number of hydrazone groups is 1. The minimum atomic E-state index is -4.66. The van der Waals surface area contributed by atoms with Gasteiger partial charge in [0.05, 0.1) is 11.7 Å². The van der Waals surface area contributed by atoms with Crippen LogP contribution < -0.4 is 10.7 Å². The SMILES string of the molecule is CC(=O)Nc1ccc(/C=N\Nc2nc(C(F)(F)F)nc3ccccc23)cc1. The molecule has 3 aromatic rings. The molecule has 1 aromatic heterocycles. The van der Waals surface area contributed by atoms with Gasteiger partial charge in [0.25, 0.3) is 0 Å². The zero-order valence-electron chi connectivity index (χ0n) is 14.1. The first-order valence-corrected chi connectivity index (χ1v) is 7.83. The van der Waals surface area contributed by atoms with Crippen LogP contribution in [0.4, 0.5) is 24.7 Å². The van der Waals surface area contributed by atoms with Crippen LogP contribution in [0.5, 0.6) is 0 Å². The monoisotopic (exact) mass is 373 g/mol. The fourth-order valence-corrected chi connectivity index (χ4v) is 2.31. The van der Waals surface area contributed by atoms with Crippen LogP contribution in [0, 0.1) is 0 Å². The van der Waals surface area contributed by atoms with Crippen molar-refractivity contribution in [3.63, 3.8) is 0 Å². The third-order valence-electron chi connectivity index (χ3n) is 3.47. The Morgan fingerprint density at radius 1 is 1.07 bits per heavy atom. The van der Waals surface area contributed by atoms with Gasteiger partial charge >= 0.3 is 6.18 Å². The van der Waals surface area contributed by atoms with Crippen molar-refractivity contribution >= 4 is 34.5 Å². The molecular weight excluding hydrogens is 359 g/mol. The van der Waals surface area contributed by atoms with Crippen LogP contribution in [0.2, 0.25) is 0 Å². The van der Waals surface area contributed by atoms with Gasteiger partial charge < -0.3 is 5.32 Å². The predicted molar refractivity (Wildman–Crippen MR) is 96.5 cm³/mol. The summed E-state index contributed by atoms with van der Waals surface area (Å²) in [6.07, 6.45) is -3.23. The number of rotatable bonds is 4. The van der Waals surface area contributed by atoms with Crippen LogP contribution in [0.25, 0.3) is 10.9 Å². The second kappa shape index (κ2) is 7.40. The van der Waals surface area contributed by atoms with E-state index in [2.05, 4.69) is 25.8 Å². The Morgan fingerprint density at radius 3 is 2.44 bits per heavy atom. The number of nitrogens with zero attached hydrogens (tertiary/aromatic N) is 3. The maximum Gasteiger partial charge on any atom is 0.451 e. The van der Waals surface area contributed by atoms with Gasteiger partial charge in [-0.2, -0.15) is 18.3 Å². The fourth-order valence-electron chi connectivity index (χ4n) is 2.31. The molecule has 0 aliphatic heterocycles. The Kier molecular flexibility index (Phi) is 5.02. The molecule has 1 amide bonds. The number of carbonyl (C=O) groups excluding carboxylic acids is 1. The number of amides is 1. The molecule has 2 N–H and O–H groups in total. The van der Waals surface area contributed by atoms with E-state index < -0.39 is 12.0 Å². The highest BCUT2D eigenvalue weighted by Crippen LogP contribution is 2.30. The number of benzene rings is 2. The maximum atomic E-state index is 13.0. The second-order valence-corrected chi connectivity index (χ2v) is 5.58. The number of aromatic nitrogens is 2. The summed E-state index contributed by atoms with van der Waals surface area (Å²) in [5, 5.41) is 7.01. The predicted octanol–water partition coefficient (Wildman–Crippen LogP) is 4.05. The van der Waals surface area contributed by atoms with Gasteiger partial charge in [0, 0.05) is 18.0 Å². The number of hydrogen-bond donors (Lipinski definition) is 2. The fraction of sp³-hybridized carbons (Fsp3) is 0.111. The van der Waals surface area contributed by atoms with Crippen molar-refractivity contribution < 1.29 is 18.0 Å². The van der Waals surface area contributed by atoms with Gasteiger partial charge in [0.2, 0.25) is 11.7 Å². The van der Waals surface area contributed by atoms with E-state index in [1.807, 2.05) is 0 Å². The van der Waals surface area contributed by atoms with Crippen LogP contribution in [-0.2, 0) is 11.0 Å². The quantitative estimate of drug-likeness (QED) is 0.534. The Labute approximate surface area is 152 Å². The lowest BCUT2D eigenvalue weighted by Crippen LogP contribution is -2.12. The van der Waals surface area contributed by atoms with E-state index in [0.29, 0.717) is 16.6 Å². The molecule has 0 aliphatic carbocycles. The average Bonchev–Trinajstić information content (AvgIpc) is 2.62. The van der Waals surface area contributed by atoms with E-state index in [9.17, 15) is 18.0 Å². The van der Waals surface area contributed by atoms with Crippen molar-refractivity contribution in [2.45, 2.75) is 13.1 Å². The van der Waals surface area contributed by atoms with Crippen LogP contribution >= 0.6 is 0 Å². The summed E-state index contributed by atoms with van der Waals surface area (Å²) in [5.74, 6) is -1.47. The molecule has 9 heteroatoms. The normalized spacial score (nSPS) is 11.7. The van der Waals surface area contributed by atoms with E-state index in [4.69, 9.17) is 0 Å². The summed E-state index contributed by atoms with van der Waals surface area (Å²) in [6.45, 7) is 1.40. The number of anilines is 2. The van der Waals surface area contributed by atoms with Crippen molar-refractivity contribution in [2.75, 3.05) is 10.7 Å². The van der Waals surface area contributed by atoms with Crippen molar-refractivity contribution in [1.29, 1.82) is 0 Å².